The van der Waals surface area contributed by atoms with Crippen LogP contribution in [0, 0.1) is 12.8 Å². The highest BCUT2D eigenvalue weighted by Crippen LogP contribution is 2.25. The molecule has 8 heteroatoms. The Kier molecular flexibility index (Phi) is 7.57. The summed E-state index contributed by atoms with van der Waals surface area (Å²) in [5.41, 5.74) is 2.21. The Hall–Kier alpha value is -2.57. The number of hydrogen-bond donors (Lipinski definition) is 1. The molecule has 2 aromatic rings. The molecule has 1 fully saturated rings. The van der Waals surface area contributed by atoms with Crippen LogP contribution in [0.25, 0.3) is 0 Å². The Morgan fingerprint density at radius 3 is 2.48 bits per heavy atom. The zero-order chi connectivity index (χ0) is 22.5. The van der Waals surface area contributed by atoms with Gasteiger partial charge in [0.05, 0.1) is 22.5 Å². The third-order valence-corrected chi connectivity index (χ3v) is 6.06. The van der Waals surface area contributed by atoms with E-state index in [0.29, 0.717) is 40.8 Å². The van der Waals surface area contributed by atoms with Crippen LogP contribution in [0.2, 0.25) is 10.0 Å². The van der Waals surface area contributed by atoms with Crippen molar-refractivity contribution in [3.05, 3.63) is 63.6 Å². The number of likely N-dealkylation sites (tertiary alicyclic amines) is 1. The van der Waals surface area contributed by atoms with Crippen LogP contribution in [0.15, 0.2) is 42.5 Å². The molecule has 0 radical (unpaired) electrons. The maximum absolute atomic E-state index is 12.9. The number of hydrogen-bond acceptors (Lipinski definition) is 3. The van der Waals surface area contributed by atoms with Gasteiger partial charge < -0.3 is 15.1 Å². The number of nitrogens with zero attached hydrogens (tertiary/aromatic N) is 2. The van der Waals surface area contributed by atoms with E-state index in [1.54, 1.807) is 30.1 Å². The largest absolute Gasteiger partial charge is 0.338 e. The molecule has 164 valence electrons. The normalized spacial score (nSPS) is 16.0. The lowest BCUT2D eigenvalue weighted by Crippen LogP contribution is -2.47. The first-order valence-corrected chi connectivity index (χ1v) is 10.9. The van der Waals surface area contributed by atoms with Gasteiger partial charge in [-0.1, -0.05) is 40.9 Å². The van der Waals surface area contributed by atoms with Crippen molar-refractivity contribution in [3.63, 3.8) is 0 Å². The van der Waals surface area contributed by atoms with Crippen molar-refractivity contribution >= 4 is 46.6 Å². The highest BCUT2D eigenvalue weighted by molar-refractivity contribution is 6.42. The number of halogens is 2. The van der Waals surface area contributed by atoms with Crippen molar-refractivity contribution in [2.75, 3.05) is 32.0 Å². The Bertz CT molecular complexity index is 979. The van der Waals surface area contributed by atoms with E-state index in [9.17, 15) is 14.4 Å². The lowest BCUT2D eigenvalue weighted by Gasteiger charge is -2.34. The predicted octanol–water partition coefficient (Wildman–Crippen LogP) is 4.25. The summed E-state index contributed by atoms with van der Waals surface area (Å²) >= 11 is 11.8. The van der Waals surface area contributed by atoms with Crippen LogP contribution in [0.4, 0.5) is 5.69 Å². The van der Waals surface area contributed by atoms with E-state index in [4.69, 9.17) is 23.2 Å². The number of rotatable bonds is 5. The number of piperidine rings is 1. The molecule has 0 saturated carbocycles. The molecule has 6 nitrogen and oxygen atoms in total. The number of carbonyl (C=O) groups excluding carboxylic acids is 3. The van der Waals surface area contributed by atoms with Crippen LogP contribution >= 0.6 is 23.2 Å². The number of aryl methyl sites for hydroxylation is 1. The van der Waals surface area contributed by atoms with E-state index in [1.165, 1.54) is 4.90 Å². The monoisotopic (exact) mass is 461 g/mol. The number of likely N-dealkylation sites (N-methyl/N-ethyl adjacent to an activating group) is 1. The summed E-state index contributed by atoms with van der Waals surface area (Å²) in [7, 11) is 1.59. The summed E-state index contributed by atoms with van der Waals surface area (Å²) in [4.78, 5) is 41.2. The van der Waals surface area contributed by atoms with Crippen molar-refractivity contribution in [1.82, 2.24) is 9.80 Å². The second-order valence-electron chi connectivity index (χ2n) is 7.83. The standard InChI is InChI=1S/C23H25Cl2N3O3/c1-15-5-7-16(8-6-15)23(31)28-11-3-4-17(13-28)22(30)27(2)14-21(29)26-18-9-10-19(24)20(25)12-18/h5-10,12,17H,3-4,11,13-14H2,1-2H3,(H,26,29). The molecule has 1 aliphatic rings. The van der Waals surface area contributed by atoms with Gasteiger partial charge in [-0.05, 0) is 50.1 Å². The third-order valence-electron chi connectivity index (χ3n) is 5.32. The molecule has 0 aliphatic carbocycles. The summed E-state index contributed by atoms with van der Waals surface area (Å²) in [5.74, 6) is -0.883. The smallest absolute Gasteiger partial charge is 0.253 e. The molecule has 2 aromatic carbocycles. The average molecular weight is 462 g/mol. The molecule has 1 unspecified atom stereocenters. The van der Waals surface area contributed by atoms with Crippen molar-refractivity contribution in [2.24, 2.45) is 5.92 Å². The minimum Gasteiger partial charge on any atom is -0.338 e. The minimum atomic E-state index is -0.336. The first-order valence-electron chi connectivity index (χ1n) is 10.1. The summed E-state index contributed by atoms with van der Waals surface area (Å²) in [5, 5.41) is 3.45. The molecule has 0 bridgehead atoms. The fraction of sp³-hybridized carbons (Fsp3) is 0.348. The van der Waals surface area contributed by atoms with Gasteiger partial charge in [0.15, 0.2) is 0 Å². The van der Waals surface area contributed by atoms with E-state index in [-0.39, 0.29) is 30.2 Å². The van der Waals surface area contributed by atoms with Gasteiger partial charge in [0, 0.05) is 31.4 Å². The average Bonchev–Trinajstić information content (AvgIpc) is 2.75. The molecular weight excluding hydrogens is 437 g/mol. The Morgan fingerprint density at radius 1 is 1.10 bits per heavy atom. The second kappa shape index (κ2) is 10.2. The first kappa shape index (κ1) is 23.1. The van der Waals surface area contributed by atoms with Crippen molar-refractivity contribution in [2.45, 2.75) is 19.8 Å². The Morgan fingerprint density at radius 2 is 1.81 bits per heavy atom. The maximum atomic E-state index is 12.9. The van der Waals surface area contributed by atoms with Crippen LogP contribution in [-0.4, -0.2) is 54.2 Å². The van der Waals surface area contributed by atoms with E-state index in [0.717, 1.165) is 12.0 Å². The summed E-state index contributed by atoms with van der Waals surface area (Å²) < 4.78 is 0. The van der Waals surface area contributed by atoms with E-state index < -0.39 is 0 Å². The van der Waals surface area contributed by atoms with Crippen LogP contribution in [0.1, 0.15) is 28.8 Å². The lowest BCUT2D eigenvalue weighted by atomic mass is 9.96. The van der Waals surface area contributed by atoms with Gasteiger partial charge in [-0.25, -0.2) is 0 Å². The van der Waals surface area contributed by atoms with Crippen molar-refractivity contribution < 1.29 is 14.4 Å². The minimum absolute atomic E-state index is 0.0717. The summed E-state index contributed by atoms with van der Waals surface area (Å²) in [6.07, 6.45) is 1.44. The van der Waals surface area contributed by atoms with Gasteiger partial charge in [-0.15, -0.1) is 0 Å². The van der Waals surface area contributed by atoms with E-state index in [2.05, 4.69) is 5.32 Å². The quantitative estimate of drug-likeness (QED) is 0.723. The number of anilines is 1. The SMILES string of the molecule is Cc1ccc(C(=O)N2CCCC(C(=O)N(C)CC(=O)Nc3ccc(Cl)c(Cl)c3)C2)cc1. The number of nitrogens with one attached hydrogen (secondary N) is 1. The third kappa shape index (κ3) is 5.99. The lowest BCUT2D eigenvalue weighted by molar-refractivity contribution is -0.138. The molecule has 1 atom stereocenters. The predicted molar refractivity (Wildman–Crippen MR) is 123 cm³/mol. The van der Waals surface area contributed by atoms with E-state index in [1.807, 2.05) is 31.2 Å². The Labute approximate surface area is 192 Å². The van der Waals surface area contributed by atoms with Crippen molar-refractivity contribution in [1.29, 1.82) is 0 Å². The molecule has 1 saturated heterocycles. The van der Waals surface area contributed by atoms with Gasteiger partial charge in [0.2, 0.25) is 11.8 Å². The molecule has 3 amide bonds. The molecule has 3 rings (SSSR count). The maximum Gasteiger partial charge on any atom is 0.253 e. The highest BCUT2D eigenvalue weighted by Gasteiger charge is 2.31. The van der Waals surface area contributed by atoms with Crippen LogP contribution in [-0.2, 0) is 9.59 Å². The molecule has 1 aliphatic heterocycles. The fourth-order valence-corrected chi connectivity index (χ4v) is 3.92. The highest BCUT2D eigenvalue weighted by atomic mass is 35.5. The second-order valence-corrected chi connectivity index (χ2v) is 8.64. The topological polar surface area (TPSA) is 69.7 Å². The fourth-order valence-electron chi connectivity index (χ4n) is 3.62. The van der Waals surface area contributed by atoms with Gasteiger partial charge in [-0.2, -0.15) is 0 Å². The van der Waals surface area contributed by atoms with Gasteiger partial charge >= 0.3 is 0 Å². The van der Waals surface area contributed by atoms with Crippen LogP contribution in [0.5, 0.6) is 0 Å². The number of benzene rings is 2. The van der Waals surface area contributed by atoms with Crippen molar-refractivity contribution in [3.8, 4) is 0 Å². The van der Waals surface area contributed by atoms with Gasteiger partial charge in [0.1, 0.15) is 0 Å². The Balaban J connectivity index is 1.56. The van der Waals surface area contributed by atoms with Gasteiger partial charge in [0.25, 0.3) is 5.91 Å². The molecule has 0 aromatic heterocycles. The first-order chi connectivity index (χ1) is 14.7. The zero-order valence-corrected chi connectivity index (χ0v) is 19.0. The number of carbonyl (C=O) groups is 3. The molecule has 31 heavy (non-hydrogen) atoms. The van der Waals surface area contributed by atoms with Crippen LogP contribution < -0.4 is 5.32 Å². The summed E-state index contributed by atoms with van der Waals surface area (Å²) in [6.45, 7) is 2.85. The molecular formula is C23H25Cl2N3O3. The zero-order valence-electron chi connectivity index (χ0n) is 17.5. The van der Waals surface area contributed by atoms with E-state index >= 15 is 0 Å². The number of amides is 3. The molecule has 1 heterocycles. The molecule has 1 N–H and O–H groups in total. The summed E-state index contributed by atoms with van der Waals surface area (Å²) in [6, 6.07) is 12.2. The molecule has 0 spiro atoms. The van der Waals surface area contributed by atoms with Crippen LogP contribution in [0.3, 0.4) is 0 Å². The van der Waals surface area contributed by atoms with Gasteiger partial charge in [-0.3, -0.25) is 14.4 Å².